The highest BCUT2D eigenvalue weighted by Gasteiger charge is 2.31. The minimum absolute atomic E-state index is 0.266. The van der Waals surface area contributed by atoms with Gasteiger partial charge in [0.05, 0.1) is 6.04 Å². The summed E-state index contributed by atoms with van der Waals surface area (Å²) in [5.41, 5.74) is 7.53. The molecule has 0 unspecified atom stereocenters. The van der Waals surface area contributed by atoms with Crippen LogP contribution in [0.3, 0.4) is 0 Å². The number of benzene rings is 1. The van der Waals surface area contributed by atoms with Gasteiger partial charge < -0.3 is 10.5 Å². The third kappa shape index (κ3) is 3.69. The molecule has 1 atom stereocenters. The zero-order valence-corrected chi connectivity index (χ0v) is 9.76. The number of aromatic nitrogens is 1. The van der Waals surface area contributed by atoms with Crippen molar-refractivity contribution in [2.45, 2.75) is 12.4 Å². The fraction of sp³-hybridized carbons (Fsp3) is 0.154. The van der Waals surface area contributed by atoms with Crippen LogP contribution in [0.4, 0.5) is 13.2 Å². The number of alkyl halides is 3. The van der Waals surface area contributed by atoms with Gasteiger partial charge in [0, 0.05) is 12.4 Å². The monoisotopic (exact) mass is 268 g/mol. The Balaban J connectivity index is 2.15. The molecule has 19 heavy (non-hydrogen) atoms. The van der Waals surface area contributed by atoms with Crippen LogP contribution < -0.4 is 10.5 Å². The zero-order chi connectivity index (χ0) is 13.9. The van der Waals surface area contributed by atoms with Gasteiger partial charge in [0.25, 0.3) is 0 Å². The molecule has 0 amide bonds. The molecule has 0 saturated carbocycles. The zero-order valence-electron chi connectivity index (χ0n) is 9.76. The van der Waals surface area contributed by atoms with Crippen molar-refractivity contribution in [3.63, 3.8) is 0 Å². The van der Waals surface area contributed by atoms with Crippen molar-refractivity contribution < 1.29 is 17.9 Å². The van der Waals surface area contributed by atoms with Crippen molar-refractivity contribution in [3.05, 3.63) is 59.9 Å². The summed E-state index contributed by atoms with van der Waals surface area (Å²) in [6.45, 7) is 0. The average Bonchev–Trinajstić information content (AvgIpc) is 2.38. The molecule has 0 spiro atoms. The number of hydrogen-bond donors (Lipinski definition) is 1. The third-order valence-corrected chi connectivity index (χ3v) is 2.54. The van der Waals surface area contributed by atoms with Gasteiger partial charge in [0.2, 0.25) is 0 Å². The van der Waals surface area contributed by atoms with Gasteiger partial charge in [-0.15, -0.1) is 13.2 Å². The summed E-state index contributed by atoms with van der Waals surface area (Å²) in [4.78, 5) is 3.88. The quantitative estimate of drug-likeness (QED) is 0.930. The Morgan fingerprint density at radius 2 is 1.47 bits per heavy atom. The molecular weight excluding hydrogens is 257 g/mol. The fourth-order valence-corrected chi connectivity index (χ4v) is 1.64. The summed E-state index contributed by atoms with van der Waals surface area (Å²) in [7, 11) is 0. The van der Waals surface area contributed by atoms with Gasteiger partial charge in [-0.25, -0.2) is 0 Å². The number of halogens is 3. The van der Waals surface area contributed by atoms with E-state index in [0.29, 0.717) is 5.56 Å². The first kappa shape index (κ1) is 13.4. The molecule has 0 aliphatic rings. The van der Waals surface area contributed by atoms with Crippen LogP contribution in [0.5, 0.6) is 5.75 Å². The lowest BCUT2D eigenvalue weighted by Crippen LogP contribution is -2.17. The van der Waals surface area contributed by atoms with E-state index in [0.717, 1.165) is 5.56 Å². The first-order valence-electron chi connectivity index (χ1n) is 5.47. The highest BCUT2D eigenvalue weighted by atomic mass is 19.4. The summed E-state index contributed by atoms with van der Waals surface area (Å²) in [5.74, 6) is -0.266. The molecule has 0 saturated heterocycles. The molecule has 0 fully saturated rings. The van der Waals surface area contributed by atoms with Crippen molar-refractivity contribution in [2.75, 3.05) is 0 Å². The lowest BCUT2D eigenvalue weighted by Gasteiger charge is -2.13. The van der Waals surface area contributed by atoms with E-state index in [9.17, 15) is 13.2 Å². The van der Waals surface area contributed by atoms with Crippen molar-refractivity contribution in [1.82, 2.24) is 4.98 Å². The van der Waals surface area contributed by atoms with E-state index < -0.39 is 12.4 Å². The summed E-state index contributed by atoms with van der Waals surface area (Å²) < 4.78 is 39.8. The Bertz CT molecular complexity index is 526. The van der Waals surface area contributed by atoms with Gasteiger partial charge in [-0.3, -0.25) is 4.98 Å². The van der Waals surface area contributed by atoms with Gasteiger partial charge in [-0.1, -0.05) is 12.1 Å². The largest absolute Gasteiger partial charge is 0.573 e. The molecular formula is C13H11F3N2O. The topological polar surface area (TPSA) is 48.1 Å². The molecule has 0 radical (unpaired) electrons. The van der Waals surface area contributed by atoms with Crippen molar-refractivity contribution in [2.24, 2.45) is 5.73 Å². The number of nitrogens with zero attached hydrogens (tertiary/aromatic N) is 1. The first-order valence-corrected chi connectivity index (χ1v) is 5.47. The van der Waals surface area contributed by atoms with E-state index in [1.54, 1.807) is 24.5 Å². The lowest BCUT2D eigenvalue weighted by atomic mass is 10.0. The normalized spacial score (nSPS) is 13.1. The Hall–Kier alpha value is -2.08. The molecule has 2 rings (SSSR count). The van der Waals surface area contributed by atoms with Gasteiger partial charge in [0.1, 0.15) is 5.75 Å². The predicted molar refractivity (Wildman–Crippen MR) is 63.4 cm³/mol. The molecule has 1 heterocycles. The van der Waals surface area contributed by atoms with E-state index in [1.807, 2.05) is 0 Å². The number of nitrogens with two attached hydrogens (primary N) is 1. The maximum absolute atomic E-state index is 12.0. The SMILES string of the molecule is N[C@@H](c1ccncc1)c1ccc(OC(F)(F)F)cc1. The lowest BCUT2D eigenvalue weighted by molar-refractivity contribution is -0.274. The van der Waals surface area contributed by atoms with E-state index in [4.69, 9.17) is 5.73 Å². The maximum Gasteiger partial charge on any atom is 0.573 e. The van der Waals surface area contributed by atoms with E-state index in [1.165, 1.54) is 24.3 Å². The van der Waals surface area contributed by atoms with Crippen LogP contribution in [0.15, 0.2) is 48.8 Å². The smallest absolute Gasteiger partial charge is 0.406 e. The summed E-state index contributed by atoms with van der Waals surface area (Å²) in [6.07, 6.45) is -1.47. The Labute approximate surface area is 107 Å². The second-order valence-electron chi connectivity index (χ2n) is 3.88. The molecule has 2 N–H and O–H groups in total. The second kappa shape index (κ2) is 5.27. The third-order valence-electron chi connectivity index (χ3n) is 2.54. The van der Waals surface area contributed by atoms with Crippen LogP contribution in [0.25, 0.3) is 0 Å². The fourth-order valence-electron chi connectivity index (χ4n) is 1.64. The molecule has 0 bridgehead atoms. The molecule has 2 aromatic rings. The summed E-state index contributed by atoms with van der Waals surface area (Å²) in [6, 6.07) is 8.59. The molecule has 1 aromatic carbocycles. The molecule has 1 aromatic heterocycles. The molecule has 0 aliphatic carbocycles. The number of ether oxygens (including phenoxy) is 1. The van der Waals surface area contributed by atoms with E-state index in [-0.39, 0.29) is 5.75 Å². The van der Waals surface area contributed by atoms with Crippen LogP contribution in [-0.2, 0) is 0 Å². The summed E-state index contributed by atoms with van der Waals surface area (Å²) in [5, 5.41) is 0. The molecule has 0 aliphatic heterocycles. The highest BCUT2D eigenvalue weighted by molar-refractivity contribution is 5.34. The minimum atomic E-state index is -4.69. The van der Waals surface area contributed by atoms with Gasteiger partial charge >= 0.3 is 6.36 Å². The van der Waals surface area contributed by atoms with Crippen LogP contribution in [-0.4, -0.2) is 11.3 Å². The van der Waals surface area contributed by atoms with Crippen molar-refractivity contribution >= 4 is 0 Å². The number of pyridine rings is 1. The minimum Gasteiger partial charge on any atom is -0.406 e. The molecule has 100 valence electrons. The van der Waals surface area contributed by atoms with E-state index in [2.05, 4.69) is 9.72 Å². The Kier molecular flexibility index (Phi) is 3.71. The second-order valence-corrected chi connectivity index (χ2v) is 3.88. The van der Waals surface area contributed by atoms with Crippen LogP contribution >= 0.6 is 0 Å². The van der Waals surface area contributed by atoms with Gasteiger partial charge in [-0.05, 0) is 35.4 Å². The number of rotatable bonds is 3. The van der Waals surface area contributed by atoms with Crippen molar-refractivity contribution in [3.8, 4) is 5.75 Å². The van der Waals surface area contributed by atoms with E-state index >= 15 is 0 Å². The standard InChI is InChI=1S/C13H11F3N2O/c14-13(15,16)19-11-3-1-9(2-4-11)12(17)10-5-7-18-8-6-10/h1-8,12H,17H2/t12-/m1/s1. The average molecular weight is 268 g/mol. The number of hydrogen-bond acceptors (Lipinski definition) is 3. The predicted octanol–water partition coefficient (Wildman–Crippen LogP) is 3.03. The summed E-state index contributed by atoms with van der Waals surface area (Å²) >= 11 is 0. The first-order chi connectivity index (χ1) is 8.96. The van der Waals surface area contributed by atoms with Crippen molar-refractivity contribution in [1.29, 1.82) is 0 Å². The Morgan fingerprint density at radius 3 is 2.00 bits per heavy atom. The molecule has 3 nitrogen and oxygen atoms in total. The van der Waals surface area contributed by atoms with Gasteiger partial charge in [0.15, 0.2) is 0 Å². The van der Waals surface area contributed by atoms with Crippen LogP contribution in [0.1, 0.15) is 17.2 Å². The maximum atomic E-state index is 12.0. The Morgan fingerprint density at radius 1 is 0.947 bits per heavy atom. The van der Waals surface area contributed by atoms with Crippen LogP contribution in [0, 0.1) is 0 Å². The highest BCUT2D eigenvalue weighted by Crippen LogP contribution is 2.25. The van der Waals surface area contributed by atoms with Crippen LogP contribution in [0.2, 0.25) is 0 Å². The molecule has 6 heteroatoms. The van der Waals surface area contributed by atoms with Gasteiger partial charge in [-0.2, -0.15) is 0 Å².